The van der Waals surface area contributed by atoms with Crippen LogP contribution in [-0.2, 0) is 11.3 Å². The van der Waals surface area contributed by atoms with Gasteiger partial charge in [-0.2, -0.15) is 0 Å². The zero-order valence-electron chi connectivity index (χ0n) is 9.23. The number of amides is 1. The lowest BCUT2D eigenvalue weighted by atomic mass is 10.1. The van der Waals surface area contributed by atoms with Crippen LogP contribution in [0.15, 0.2) is 30.3 Å². The van der Waals surface area contributed by atoms with Crippen LogP contribution in [0.1, 0.15) is 24.8 Å². The molecule has 2 rings (SSSR count). The molecule has 0 spiro atoms. The van der Waals surface area contributed by atoms with Gasteiger partial charge in [0.2, 0.25) is 5.91 Å². The van der Waals surface area contributed by atoms with E-state index >= 15 is 0 Å². The number of aliphatic hydroxyl groups excluding tert-OH is 1. The van der Waals surface area contributed by atoms with Gasteiger partial charge in [0.25, 0.3) is 0 Å². The van der Waals surface area contributed by atoms with Crippen LogP contribution in [0.3, 0.4) is 0 Å². The van der Waals surface area contributed by atoms with Crippen molar-refractivity contribution in [1.82, 2.24) is 5.32 Å². The predicted octanol–water partition coefficient (Wildman–Crippen LogP) is 1.46. The van der Waals surface area contributed by atoms with Crippen molar-refractivity contribution in [3.63, 3.8) is 0 Å². The summed E-state index contributed by atoms with van der Waals surface area (Å²) in [6.07, 6.45) is 2.06. The van der Waals surface area contributed by atoms with E-state index in [-0.39, 0.29) is 11.8 Å². The Labute approximate surface area is 95.5 Å². The fourth-order valence-electron chi connectivity index (χ4n) is 2.16. The van der Waals surface area contributed by atoms with E-state index in [0.717, 1.165) is 24.8 Å². The number of carbonyl (C=O) groups excluding carboxylic acids is 1. The zero-order valence-corrected chi connectivity index (χ0v) is 9.23. The molecule has 1 aromatic carbocycles. The van der Waals surface area contributed by atoms with Crippen molar-refractivity contribution in [3.05, 3.63) is 35.9 Å². The van der Waals surface area contributed by atoms with Gasteiger partial charge in [0.1, 0.15) is 0 Å². The van der Waals surface area contributed by atoms with Crippen molar-refractivity contribution in [2.45, 2.75) is 31.9 Å². The summed E-state index contributed by atoms with van der Waals surface area (Å²) in [4.78, 5) is 11.8. The van der Waals surface area contributed by atoms with Crippen molar-refractivity contribution in [3.8, 4) is 0 Å². The summed E-state index contributed by atoms with van der Waals surface area (Å²) >= 11 is 0. The Morgan fingerprint density at radius 3 is 2.69 bits per heavy atom. The van der Waals surface area contributed by atoms with Crippen LogP contribution in [0.25, 0.3) is 0 Å². The van der Waals surface area contributed by atoms with Gasteiger partial charge in [0, 0.05) is 6.54 Å². The summed E-state index contributed by atoms with van der Waals surface area (Å²) in [5.74, 6) is -0.224. The molecule has 2 N–H and O–H groups in total. The normalized spacial score (nSPS) is 24.3. The Bertz CT molecular complexity index is 350. The number of benzene rings is 1. The van der Waals surface area contributed by atoms with Crippen LogP contribution in [-0.4, -0.2) is 17.1 Å². The Kier molecular flexibility index (Phi) is 3.57. The quantitative estimate of drug-likeness (QED) is 0.808. The molecule has 0 heterocycles. The van der Waals surface area contributed by atoms with Crippen molar-refractivity contribution in [1.29, 1.82) is 0 Å². The van der Waals surface area contributed by atoms with Crippen LogP contribution in [0, 0.1) is 5.92 Å². The first-order valence-corrected chi connectivity index (χ1v) is 5.77. The van der Waals surface area contributed by atoms with E-state index in [1.807, 2.05) is 30.3 Å². The highest BCUT2D eigenvalue weighted by atomic mass is 16.3. The van der Waals surface area contributed by atoms with Gasteiger partial charge in [-0.15, -0.1) is 0 Å². The average molecular weight is 219 g/mol. The van der Waals surface area contributed by atoms with E-state index < -0.39 is 6.10 Å². The third kappa shape index (κ3) is 2.61. The monoisotopic (exact) mass is 219 g/mol. The molecule has 1 aliphatic rings. The highest BCUT2D eigenvalue weighted by molar-refractivity contribution is 5.79. The Hall–Kier alpha value is -1.35. The van der Waals surface area contributed by atoms with Crippen molar-refractivity contribution in [2.24, 2.45) is 5.92 Å². The van der Waals surface area contributed by atoms with Crippen LogP contribution in [0.5, 0.6) is 0 Å². The van der Waals surface area contributed by atoms with Gasteiger partial charge >= 0.3 is 0 Å². The van der Waals surface area contributed by atoms with Crippen LogP contribution in [0.4, 0.5) is 0 Å². The van der Waals surface area contributed by atoms with Gasteiger partial charge in [0.15, 0.2) is 0 Å². The lowest BCUT2D eigenvalue weighted by molar-refractivity contribution is -0.127. The van der Waals surface area contributed by atoms with Gasteiger partial charge in [-0.25, -0.2) is 0 Å². The number of hydrogen-bond acceptors (Lipinski definition) is 2. The molecule has 3 nitrogen and oxygen atoms in total. The summed E-state index contributed by atoms with van der Waals surface area (Å²) in [5.41, 5.74) is 1.09. The molecule has 0 bridgehead atoms. The second kappa shape index (κ2) is 5.12. The molecule has 0 saturated heterocycles. The fraction of sp³-hybridized carbons (Fsp3) is 0.462. The van der Waals surface area contributed by atoms with Gasteiger partial charge < -0.3 is 10.4 Å². The second-order valence-electron chi connectivity index (χ2n) is 4.31. The number of aliphatic hydroxyl groups is 1. The third-order valence-corrected chi connectivity index (χ3v) is 3.13. The molecule has 2 atom stereocenters. The first-order valence-electron chi connectivity index (χ1n) is 5.77. The SMILES string of the molecule is O=C(NCc1ccccc1)C1CCCC1O. The van der Waals surface area contributed by atoms with Gasteiger partial charge in [-0.1, -0.05) is 30.3 Å². The molecule has 3 heteroatoms. The molecule has 16 heavy (non-hydrogen) atoms. The molecule has 0 aliphatic heterocycles. The summed E-state index contributed by atoms with van der Waals surface area (Å²) in [5, 5.41) is 12.5. The maximum Gasteiger partial charge on any atom is 0.225 e. The smallest absolute Gasteiger partial charge is 0.225 e. The highest BCUT2D eigenvalue weighted by Gasteiger charge is 2.30. The van der Waals surface area contributed by atoms with Crippen molar-refractivity contribution >= 4 is 5.91 Å². The Morgan fingerprint density at radius 2 is 2.06 bits per heavy atom. The molecule has 1 fully saturated rings. The minimum atomic E-state index is -0.448. The fourth-order valence-corrected chi connectivity index (χ4v) is 2.16. The second-order valence-corrected chi connectivity index (χ2v) is 4.31. The van der Waals surface area contributed by atoms with Gasteiger partial charge in [0.05, 0.1) is 12.0 Å². The van der Waals surface area contributed by atoms with Crippen LogP contribution in [0.2, 0.25) is 0 Å². The molecule has 1 aliphatic carbocycles. The summed E-state index contributed by atoms with van der Waals surface area (Å²) in [6, 6.07) is 9.81. The first kappa shape index (κ1) is 11.1. The minimum absolute atomic E-state index is 0.0196. The molecule has 86 valence electrons. The Balaban J connectivity index is 1.84. The van der Waals surface area contributed by atoms with E-state index in [2.05, 4.69) is 5.32 Å². The minimum Gasteiger partial charge on any atom is -0.392 e. The van der Waals surface area contributed by atoms with E-state index in [0.29, 0.717) is 6.54 Å². The lowest BCUT2D eigenvalue weighted by Crippen LogP contribution is -2.34. The summed E-state index contributed by atoms with van der Waals surface area (Å²) < 4.78 is 0. The number of carbonyl (C=O) groups is 1. The number of rotatable bonds is 3. The van der Waals surface area contributed by atoms with E-state index in [1.54, 1.807) is 0 Å². The van der Waals surface area contributed by atoms with Crippen molar-refractivity contribution < 1.29 is 9.90 Å². The van der Waals surface area contributed by atoms with Gasteiger partial charge in [-0.3, -0.25) is 4.79 Å². The molecular weight excluding hydrogens is 202 g/mol. The highest BCUT2D eigenvalue weighted by Crippen LogP contribution is 2.25. The number of nitrogens with one attached hydrogen (secondary N) is 1. The zero-order chi connectivity index (χ0) is 11.4. The summed E-state index contributed by atoms with van der Waals surface area (Å²) in [7, 11) is 0. The van der Waals surface area contributed by atoms with Gasteiger partial charge in [-0.05, 0) is 24.8 Å². The third-order valence-electron chi connectivity index (χ3n) is 3.13. The topological polar surface area (TPSA) is 49.3 Å². The predicted molar refractivity (Wildman–Crippen MR) is 61.6 cm³/mol. The lowest BCUT2D eigenvalue weighted by Gasteiger charge is -2.14. The molecule has 1 amide bonds. The maximum atomic E-state index is 11.8. The van der Waals surface area contributed by atoms with Crippen molar-refractivity contribution in [2.75, 3.05) is 0 Å². The first-order chi connectivity index (χ1) is 7.77. The Morgan fingerprint density at radius 1 is 1.31 bits per heavy atom. The molecular formula is C13H17NO2. The number of hydrogen-bond donors (Lipinski definition) is 2. The molecule has 2 unspecified atom stereocenters. The van der Waals surface area contributed by atoms with E-state index in [4.69, 9.17) is 0 Å². The maximum absolute atomic E-state index is 11.8. The van der Waals surface area contributed by atoms with Crippen LogP contribution >= 0.6 is 0 Å². The van der Waals surface area contributed by atoms with E-state index in [1.165, 1.54) is 0 Å². The van der Waals surface area contributed by atoms with E-state index in [9.17, 15) is 9.90 Å². The average Bonchev–Trinajstić information content (AvgIpc) is 2.74. The van der Waals surface area contributed by atoms with Crippen LogP contribution < -0.4 is 5.32 Å². The molecule has 0 aromatic heterocycles. The molecule has 1 aromatic rings. The summed E-state index contributed by atoms with van der Waals surface area (Å²) in [6.45, 7) is 0.545. The standard InChI is InChI=1S/C13H17NO2/c15-12-8-4-7-11(12)13(16)14-9-10-5-2-1-3-6-10/h1-3,5-6,11-12,15H,4,7-9H2,(H,14,16). The largest absolute Gasteiger partial charge is 0.392 e. The molecule has 0 radical (unpaired) electrons. The molecule has 1 saturated carbocycles.